The second kappa shape index (κ2) is 9.50. The summed E-state index contributed by atoms with van der Waals surface area (Å²) >= 11 is 2.67. The third-order valence-electron chi connectivity index (χ3n) is 4.26. The van der Waals surface area contributed by atoms with E-state index in [1.165, 1.54) is 22.7 Å². The minimum Gasteiger partial charge on any atom is -0.452 e. The van der Waals surface area contributed by atoms with Crippen molar-refractivity contribution in [2.45, 2.75) is 6.54 Å². The van der Waals surface area contributed by atoms with Crippen molar-refractivity contribution in [3.8, 4) is 10.6 Å². The number of nitrogens with one attached hydrogen (secondary N) is 1. The number of ether oxygens (including phenoxy) is 1. The molecular formula is C22H17N3O4S2. The minimum absolute atomic E-state index is 0.260. The van der Waals surface area contributed by atoms with E-state index in [0.717, 1.165) is 10.4 Å². The Balaban J connectivity index is 1.46. The highest BCUT2D eigenvalue weighted by molar-refractivity contribution is 7.13. The number of esters is 1. The standard InChI is InChI=1S/C22H17N3O4S2/c26-19(23-21(27)18-9-5-11-31-18)14-29-22(28)16-13-25(12-15-6-2-1-3-7-15)24-20(16)17-8-4-10-30-17/h1-11,13H,12,14H2,(H,23,26,27). The van der Waals surface area contributed by atoms with Crippen LogP contribution in [0.3, 0.4) is 0 Å². The van der Waals surface area contributed by atoms with Crippen LogP contribution in [0.15, 0.2) is 71.6 Å². The van der Waals surface area contributed by atoms with E-state index in [4.69, 9.17) is 4.74 Å². The third kappa shape index (κ3) is 5.14. The number of carbonyl (C=O) groups excluding carboxylic acids is 3. The zero-order valence-electron chi connectivity index (χ0n) is 16.2. The number of hydrogen-bond donors (Lipinski definition) is 1. The van der Waals surface area contributed by atoms with Crippen molar-refractivity contribution >= 4 is 40.5 Å². The number of rotatable bonds is 7. The molecule has 3 aromatic heterocycles. The zero-order chi connectivity index (χ0) is 21.6. The molecule has 0 bridgehead atoms. The number of benzene rings is 1. The average Bonchev–Trinajstić information content (AvgIpc) is 3.54. The monoisotopic (exact) mass is 451 g/mol. The van der Waals surface area contributed by atoms with E-state index in [9.17, 15) is 14.4 Å². The van der Waals surface area contributed by atoms with Gasteiger partial charge in [-0.3, -0.25) is 19.6 Å². The first kappa shape index (κ1) is 20.7. The second-order valence-electron chi connectivity index (χ2n) is 6.48. The predicted molar refractivity (Wildman–Crippen MR) is 118 cm³/mol. The second-order valence-corrected chi connectivity index (χ2v) is 8.38. The summed E-state index contributed by atoms with van der Waals surface area (Å²) in [6.07, 6.45) is 1.61. The number of carbonyl (C=O) groups is 3. The molecular weight excluding hydrogens is 434 g/mol. The van der Waals surface area contributed by atoms with Gasteiger partial charge >= 0.3 is 5.97 Å². The van der Waals surface area contributed by atoms with Crippen molar-refractivity contribution in [3.05, 3.63) is 87.6 Å². The summed E-state index contributed by atoms with van der Waals surface area (Å²) < 4.78 is 6.83. The minimum atomic E-state index is -0.693. The van der Waals surface area contributed by atoms with Gasteiger partial charge < -0.3 is 4.74 Å². The SMILES string of the molecule is O=C(COC(=O)c1cn(Cc2ccccc2)nc1-c1cccs1)NC(=O)c1cccs1. The maximum Gasteiger partial charge on any atom is 0.342 e. The molecule has 0 saturated carbocycles. The molecule has 0 unspecified atom stereocenters. The van der Waals surface area contributed by atoms with Gasteiger partial charge in [0.1, 0.15) is 11.3 Å². The molecule has 4 aromatic rings. The van der Waals surface area contributed by atoms with Gasteiger partial charge in [0.05, 0.1) is 16.3 Å². The number of imide groups is 1. The number of thiophene rings is 2. The molecule has 0 saturated heterocycles. The Kier molecular flexibility index (Phi) is 6.34. The summed E-state index contributed by atoms with van der Waals surface area (Å²) in [5.74, 6) is -1.89. The van der Waals surface area contributed by atoms with Crippen molar-refractivity contribution in [3.63, 3.8) is 0 Å². The fraction of sp³-hybridized carbons (Fsp3) is 0.0909. The largest absolute Gasteiger partial charge is 0.452 e. The molecule has 4 rings (SSSR count). The summed E-state index contributed by atoms with van der Waals surface area (Å²) in [7, 11) is 0. The third-order valence-corrected chi connectivity index (χ3v) is 6.00. The Morgan fingerprint density at radius 3 is 2.45 bits per heavy atom. The number of nitrogens with zero attached hydrogens (tertiary/aromatic N) is 2. The van der Waals surface area contributed by atoms with Crippen molar-refractivity contribution in [2.24, 2.45) is 0 Å². The summed E-state index contributed by atoms with van der Waals surface area (Å²) in [6.45, 7) is -0.0774. The van der Waals surface area contributed by atoms with Crippen molar-refractivity contribution in [2.75, 3.05) is 6.61 Å². The van der Waals surface area contributed by atoms with E-state index in [2.05, 4.69) is 10.4 Å². The Labute approximate surface area is 185 Å². The lowest BCUT2D eigenvalue weighted by atomic mass is 10.2. The van der Waals surface area contributed by atoms with Gasteiger partial charge in [-0.05, 0) is 28.5 Å². The van der Waals surface area contributed by atoms with Crippen LogP contribution in [0.25, 0.3) is 10.6 Å². The lowest BCUT2D eigenvalue weighted by Gasteiger charge is -2.05. The van der Waals surface area contributed by atoms with Crippen LogP contribution in [0.2, 0.25) is 0 Å². The topological polar surface area (TPSA) is 90.3 Å². The molecule has 0 spiro atoms. The molecule has 0 atom stereocenters. The first-order valence-corrected chi connectivity index (χ1v) is 11.1. The van der Waals surface area contributed by atoms with E-state index in [1.807, 2.05) is 47.8 Å². The molecule has 1 aromatic carbocycles. The number of amides is 2. The first-order valence-electron chi connectivity index (χ1n) is 9.30. The highest BCUT2D eigenvalue weighted by atomic mass is 32.1. The van der Waals surface area contributed by atoms with Crippen molar-refractivity contribution < 1.29 is 19.1 Å². The van der Waals surface area contributed by atoms with Gasteiger partial charge in [0, 0.05) is 6.20 Å². The van der Waals surface area contributed by atoms with E-state index < -0.39 is 24.4 Å². The van der Waals surface area contributed by atoms with Crippen LogP contribution >= 0.6 is 22.7 Å². The fourth-order valence-corrected chi connectivity index (χ4v) is 4.20. The summed E-state index contributed by atoms with van der Waals surface area (Å²) in [6, 6.07) is 16.8. The Morgan fingerprint density at radius 2 is 1.74 bits per heavy atom. The van der Waals surface area contributed by atoms with E-state index >= 15 is 0 Å². The molecule has 31 heavy (non-hydrogen) atoms. The maximum absolute atomic E-state index is 12.7. The highest BCUT2D eigenvalue weighted by Gasteiger charge is 2.21. The molecule has 7 nitrogen and oxygen atoms in total. The van der Waals surface area contributed by atoms with Gasteiger partial charge in [0.15, 0.2) is 6.61 Å². The molecule has 156 valence electrons. The van der Waals surface area contributed by atoms with E-state index in [0.29, 0.717) is 17.1 Å². The number of hydrogen-bond acceptors (Lipinski definition) is 7. The molecule has 0 fully saturated rings. The van der Waals surface area contributed by atoms with Gasteiger partial charge in [0.2, 0.25) is 0 Å². The Bertz CT molecular complexity index is 1180. The number of aromatic nitrogens is 2. The Morgan fingerprint density at radius 1 is 0.968 bits per heavy atom. The summed E-state index contributed by atoms with van der Waals surface area (Å²) in [5, 5.41) is 10.4. The van der Waals surface area contributed by atoms with Crippen LogP contribution in [0.4, 0.5) is 0 Å². The molecule has 0 aliphatic rings. The molecule has 0 radical (unpaired) electrons. The van der Waals surface area contributed by atoms with Crippen LogP contribution < -0.4 is 5.32 Å². The summed E-state index contributed by atoms with van der Waals surface area (Å²) in [5.41, 5.74) is 1.79. The molecule has 2 amide bonds. The average molecular weight is 452 g/mol. The lowest BCUT2D eigenvalue weighted by molar-refractivity contribution is -0.123. The Hall–Kier alpha value is -3.56. The van der Waals surface area contributed by atoms with Crippen molar-refractivity contribution in [1.82, 2.24) is 15.1 Å². The van der Waals surface area contributed by atoms with E-state index in [1.54, 1.807) is 28.4 Å². The smallest absolute Gasteiger partial charge is 0.342 e. The van der Waals surface area contributed by atoms with Gasteiger partial charge in [-0.2, -0.15) is 5.10 Å². The van der Waals surface area contributed by atoms with Crippen LogP contribution in [-0.4, -0.2) is 34.2 Å². The lowest BCUT2D eigenvalue weighted by Crippen LogP contribution is -2.33. The summed E-state index contributed by atoms with van der Waals surface area (Å²) in [4.78, 5) is 37.9. The van der Waals surface area contributed by atoms with Crippen molar-refractivity contribution in [1.29, 1.82) is 0 Å². The predicted octanol–water partition coefficient (Wildman–Crippen LogP) is 3.83. The van der Waals surface area contributed by atoms with Gasteiger partial charge in [-0.1, -0.05) is 42.5 Å². The highest BCUT2D eigenvalue weighted by Crippen LogP contribution is 2.27. The molecule has 1 N–H and O–H groups in total. The van der Waals surface area contributed by atoms with Gasteiger partial charge in [-0.15, -0.1) is 22.7 Å². The van der Waals surface area contributed by atoms with E-state index in [-0.39, 0.29) is 5.56 Å². The zero-order valence-corrected chi connectivity index (χ0v) is 17.8. The maximum atomic E-state index is 12.7. The van der Waals surface area contributed by atoms with Crippen LogP contribution in [0.5, 0.6) is 0 Å². The van der Waals surface area contributed by atoms with Crippen LogP contribution in [-0.2, 0) is 16.1 Å². The quantitative estimate of drug-likeness (QED) is 0.431. The molecule has 0 aliphatic carbocycles. The van der Waals surface area contributed by atoms with Crippen LogP contribution in [0.1, 0.15) is 25.6 Å². The molecule has 0 aliphatic heterocycles. The van der Waals surface area contributed by atoms with Crippen LogP contribution in [0, 0.1) is 0 Å². The normalized spacial score (nSPS) is 10.6. The molecule has 9 heteroatoms. The fourth-order valence-electron chi connectivity index (χ4n) is 2.86. The van der Waals surface area contributed by atoms with Gasteiger partial charge in [0.25, 0.3) is 11.8 Å². The van der Waals surface area contributed by atoms with Gasteiger partial charge in [-0.25, -0.2) is 4.79 Å². The first-order chi connectivity index (χ1) is 15.1. The molecule has 3 heterocycles.